The maximum atomic E-state index is 11.7. The summed E-state index contributed by atoms with van der Waals surface area (Å²) in [6.45, 7) is 1.51. The number of hydrazine groups is 1. The SMILES string of the molecule is O=C(CN1CC(O)(C2CC2)C1)NNc1ccccn1. The maximum absolute atomic E-state index is 11.7. The molecule has 2 fully saturated rings. The van der Waals surface area contributed by atoms with E-state index < -0.39 is 5.60 Å². The van der Waals surface area contributed by atoms with E-state index in [2.05, 4.69) is 15.8 Å². The van der Waals surface area contributed by atoms with Crippen molar-refractivity contribution in [3.05, 3.63) is 24.4 Å². The predicted octanol–water partition coefficient (Wildman–Crippen LogP) is -0.0186. The van der Waals surface area contributed by atoms with Gasteiger partial charge in [-0.25, -0.2) is 4.98 Å². The van der Waals surface area contributed by atoms with Gasteiger partial charge < -0.3 is 5.11 Å². The minimum absolute atomic E-state index is 0.122. The van der Waals surface area contributed by atoms with Gasteiger partial charge in [0, 0.05) is 19.3 Å². The highest BCUT2D eigenvalue weighted by molar-refractivity contribution is 5.79. The second-order valence-electron chi connectivity index (χ2n) is 5.41. The van der Waals surface area contributed by atoms with Gasteiger partial charge in [0.25, 0.3) is 5.91 Å². The van der Waals surface area contributed by atoms with Crippen molar-refractivity contribution in [2.45, 2.75) is 18.4 Å². The summed E-state index contributed by atoms with van der Waals surface area (Å²) in [5.74, 6) is 0.941. The van der Waals surface area contributed by atoms with E-state index in [1.807, 2.05) is 17.0 Å². The van der Waals surface area contributed by atoms with E-state index in [9.17, 15) is 9.90 Å². The molecule has 6 nitrogen and oxygen atoms in total. The molecule has 1 aliphatic heterocycles. The number of β-amino-alcohol motifs (C(OH)–C–C–N with tert-alkyl or cyclic N) is 1. The third kappa shape index (κ3) is 2.85. The normalized spacial score (nSPS) is 21.5. The zero-order valence-corrected chi connectivity index (χ0v) is 10.7. The number of carbonyl (C=O) groups excluding carboxylic acids is 1. The minimum Gasteiger partial charge on any atom is -0.387 e. The fourth-order valence-electron chi connectivity index (χ4n) is 2.53. The lowest BCUT2D eigenvalue weighted by Crippen LogP contribution is -2.64. The van der Waals surface area contributed by atoms with Crippen LogP contribution >= 0.6 is 0 Å². The molecular formula is C13H18N4O2. The Kier molecular flexibility index (Phi) is 3.12. The lowest BCUT2D eigenvalue weighted by molar-refractivity contribution is -0.136. The molecule has 3 N–H and O–H groups in total. The Hall–Kier alpha value is -1.66. The lowest BCUT2D eigenvalue weighted by Gasteiger charge is -2.46. The maximum Gasteiger partial charge on any atom is 0.252 e. The van der Waals surface area contributed by atoms with Gasteiger partial charge in [-0.1, -0.05) is 6.07 Å². The zero-order valence-electron chi connectivity index (χ0n) is 10.7. The number of aliphatic hydroxyl groups is 1. The average molecular weight is 262 g/mol. The van der Waals surface area contributed by atoms with Crippen LogP contribution in [0.5, 0.6) is 0 Å². The van der Waals surface area contributed by atoms with Gasteiger partial charge in [-0.2, -0.15) is 0 Å². The number of pyridine rings is 1. The van der Waals surface area contributed by atoms with E-state index in [0.29, 0.717) is 31.4 Å². The summed E-state index contributed by atoms with van der Waals surface area (Å²) in [6, 6.07) is 5.42. The van der Waals surface area contributed by atoms with Gasteiger partial charge in [-0.3, -0.25) is 20.5 Å². The number of nitrogens with zero attached hydrogens (tertiary/aromatic N) is 2. The molecule has 1 amide bonds. The molecule has 0 atom stereocenters. The van der Waals surface area contributed by atoms with Gasteiger partial charge in [-0.15, -0.1) is 0 Å². The number of rotatable bonds is 5. The number of hydrogen-bond acceptors (Lipinski definition) is 5. The quantitative estimate of drug-likeness (QED) is 0.650. The molecule has 0 bridgehead atoms. The number of aromatic nitrogens is 1. The second kappa shape index (κ2) is 4.79. The van der Waals surface area contributed by atoms with Crippen LogP contribution in [0.2, 0.25) is 0 Å². The van der Waals surface area contributed by atoms with E-state index in [1.54, 1.807) is 12.3 Å². The van der Waals surface area contributed by atoms with Crippen LogP contribution in [0.3, 0.4) is 0 Å². The third-order valence-electron chi connectivity index (χ3n) is 3.69. The number of likely N-dealkylation sites (tertiary alicyclic amines) is 1. The molecule has 1 aliphatic carbocycles. The highest BCUT2D eigenvalue weighted by Crippen LogP contribution is 2.44. The average Bonchev–Trinajstić information content (AvgIpc) is 3.20. The van der Waals surface area contributed by atoms with Crippen molar-refractivity contribution < 1.29 is 9.90 Å². The zero-order chi connectivity index (χ0) is 13.3. The first-order valence-corrected chi connectivity index (χ1v) is 6.56. The molecule has 0 spiro atoms. The summed E-state index contributed by atoms with van der Waals surface area (Å²) < 4.78 is 0. The van der Waals surface area contributed by atoms with Crippen LogP contribution in [-0.4, -0.2) is 46.1 Å². The van der Waals surface area contributed by atoms with Crippen molar-refractivity contribution in [2.24, 2.45) is 5.92 Å². The van der Waals surface area contributed by atoms with Crippen molar-refractivity contribution in [1.29, 1.82) is 0 Å². The van der Waals surface area contributed by atoms with Crippen LogP contribution in [-0.2, 0) is 4.79 Å². The molecule has 0 aromatic carbocycles. The summed E-state index contributed by atoms with van der Waals surface area (Å²) in [4.78, 5) is 17.7. The molecule has 1 saturated carbocycles. The highest BCUT2D eigenvalue weighted by Gasteiger charge is 2.51. The standard InChI is InChI=1S/C13H18N4O2/c18-12(16-15-11-3-1-2-6-14-11)7-17-8-13(19,9-17)10-4-5-10/h1-3,6,10,19H,4-5,7-9H2,(H,14,15)(H,16,18). The fraction of sp³-hybridized carbons (Fsp3) is 0.538. The first-order chi connectivity index (χ1) is 9.16. The summed E-state index contributed by atoms with van der Waals surface area (Å²) in [7, 11) is 0. The van der Waals surface area contributed by atoms with Crippen LogP contribution in [0.15, 0.2) is 24.4 Å². The molecule has 0 unspecified atom stereocenters. The van der Waals surface area contributed by atoms with E-state index >= 15 is 0 Å². The van der Waals surface area contributed by atoms with E-state index in [4.69, 9.17) is 0 Å². The number of nitrogens with one attached hydrogen (secondary N) is 2. The summed E-state index contributed by atoms with van der Waals surface area (Å²) in [6.07, 6.45) is 3.90. The molecule has 2 aliphatic rings. The molecule has 1 aromatic heterocycles. The van der Waals surface area contributed by atoms with Crippen molar-refractivity contribution in [1.82, 2.24) is 15.3 Å². The molecule has 3 rings (SSSR count). The first-order valence-electron chi connectivity index (χ1n) is 6.56. The van der Waals surface area contributed by atoms with Gasteiger partial charge in [0.1, 0.15) is 5.82 Å². The molecule has 1 aromatic rings. The Labute approximate surface area is 111 Å². The summed E-state index contributed by atoms with van der Waals surface area (Å²) >= 11 is 0. The Balaban J connectivity index is 1.38. The number of anilines is 1. The first kappa shape index (κ1) is 12.4. The predicted molar refractivity (Wildman–Crippen MR) is 70.1 cm³/mol. The van der Waals surface area contributed by atoms with E-state index in [1.165, 1.54) is 0 Å². The van der Waals surface area contributed by atoms with Gasteiger partial charge in [0.2, 0.25) is 0 Å². The molecule has 19 heavy (non-hydrogen) atoms. The van der Waals surface area contributed by atoms with Crippen molar-refractivity contribution >= 4 is 11.7 Å². The van der Waals surface area contributed by atoms with Crippen molar-refractivity contribution in [2.75, 3.05) is 25.1 Å². The minimum atomic E-state index is -0.533. The smallest absolute Gasteiger partial charge is 0.252 e. The monoisotopic (exact) mass is 262 g/mol. The summed E-state index contributed by atoms with van der Waals surface area (Å²) in [5.41, 5.74) is 4.82. The Morgan fingerprint density at radius 2 is 2.26 bits per heavy atom. The van der Waals surface area contributed by atoms with Gasteiger partial charge >= 0.3 is 0 Å². The van der Waals surface area contributed by atoms with Crippen LogP contribution < -0.4 is 10.9 Å². The Morgan fingerprint density at radius 1 is 1.47 bits per heavy atom. The van der Waals surface area contributed by atoms with E-state index in [0.717, 1.165) is 12.8 Å². The van der Waals surface area contributed by atoms with Crippen molar-refractivity contribution in [3.63, 3.8) is 0 Å². The molecule has 0 radical (unpaired) electrons. The summed E-state index contributed by atoms with van der Waals surface area (Å²) in [5, 5.41) is 10.1. The Morgan fingerprint density at radius 3 is 2.89 bits per heavy atom. The lowest BCUT2D eigenvalue weighted by atomic mass is 9.89. The van der Waals surface area contributed by atoms with Gasteiger partial charge in [0.05, 0.1) is 12.1 Å². The van der Waals surface area contributed by atoms with E-state index in [-0.39, 0.29) is 5.91 Å². The van der Waals surface area contributed by atoms with Crippen LogP contribution in [0.4, 0.5) is 5.82 Å². The van der Waals surface area contributed by atoms with Crippen LogP contribution in [0, 0.1) is 5.92 Å². The number of amides is 1. The van der Waals surface area contributed by atoms with Crippen molar-refractivity contribution in [3.8, 4) is 0 Å². The number of carbonyl (C=O) groups is 1. The molecule has 2 heterocycles. The molecule has 102 valence electrons. The fourth-order valence-corrected chi connectivity index (χ4v) is 2.53. The third-order valence-corrected chi connectivity index (χ3v) is 3.69. The van der Waals surface area contributed by atoms with Gasteiger partial charge in [-0.05, 0) is 30.9 Å². The second-order valence-corrected chi connectivity index (χ2v) is 5.41. The topological polar surface area (TPSA) is 77.5 Å². The number of hydrogen-bond donors (Lipinski definition) is 3. The molecular weight excluding hydrogens is 244 g/mol. The van der Waals surface area contributed by atoms with Gasteiger partial charge in [0.15, 0.2) is 0 Å². The molecule has 6 heteroatoms. The Bertz CT molecular complexity index is 455. The highest BCUT2D eigenvalue weighted by atomic mass is 16.3. The van der Waals surface area contributed by atoms with Crippen LogP contribution in [0.25, 0.3) is 0 Å². The van der Waals surface area contributed by atoms with Crippen LogP contribution in [0.1, 0.15) is 12.8 Å². The largest absolute Gasteiger partial charge is 0.387 e. The molecule has 1 saturated heterocycles.